The van der Waals surface area contributed by atoms with Crippen molar-refractivity contribution < 1.29 is 4.79 Å². The third kappa shape index (κ3) is 4.34. The number of carbonyl (C=O) groups is 1. The van der Waals surface area contributed by atoms with Crippen LogP contribution >= 0.6 is 11.6 Å². The second-order valence-electron chi connectivity index (χ2n) is 6.44. The molecule has 1 amide bonds. The van der Waals surface area contributed by atoms with E-state index in [4.69, 9.17) is 11.6 Å². The third-order valence-electron chi connectivity index (χ3n) is 4.90. The maximum atomic E-state index is 12.7. The van der Waals surface area contributed by atoms with E-state index in [1.165, 1.54) is 6.33 Å². The Morgan fingerprint density at radius 2 is 1.74 bits per heavy atom. The molecule has 1 aromatic heterocycles. The van der Waals surface area contributed by atoms with E-state index < -0.39 is 5.54 Å². The number of tetrazole rings is 1. The molecule has 0 radical (unpaired) electrons. The number of amides is 1. The summed E-state index contributed by atoms with van der Waals surface area (Å²) in [4.78, 5) is 12.7. The third-order valence-corrected chi connectivity index (χ3v) is 5.15. The van der Waals surface area contributed by atoms with Gasteiger partial charge in [0.25, 0.3) is 0 Å². The van der Waals surface area contributed by atoms with Gasteiger partial charge in [-0.1, -0.05) is 49.7 Å². The van der Waals surface area contributed by atoms with E-state index in [9.17, 15) is 4.79 Å². The van der Waals surface area contributed by atoms with Crippen LogP contribution in [0.1, 0.15) is 37.8 Å². The quantitative estimate of drug-likeness (QED) is 0.675. The molecule has 0 aliphatic carbocycles. The minimum Gasteiger partial charge on any atom is -0.346 e. The second kappa shape index (κ2) is 8.31. The number of rotatable bonds is 7. The fourth-order valence-corrected chi connectivity index (χ4v) is 3.34. The van der Waals surface area contributed by atoms with Gasteiger partial charge in [0.1, 0.15) is 6.33 Å². The number of benzene rings is 2. The van der Waals surface area contributed by atoms with Crippen molar-refractivity contribution in [3.8, 4) is 5.69 Å². The predicted molar refractivity (Wildman–Crippen MR) is 105 cm³/mol. The van der Waals surface area contributed by atoms with Crippen LogP contribution in [0.15, 0.2) is 54.9 Å². The molecule has 0 aliphatic heterocycles. The zero-order valence-electron chi connectivity index (χ0n) is 15.4. The van der Waals surface area contributed by atoms with Crippen LogP contribution < -0.4 is 5.32 Å². The van der Waals surface area contributed by atoms with Crippen molar-refractivity contribution >= 4 is 17.5 Å². The summed E-state index contributed by atoms with van der Waals surface area (Å²) in [6.45, 7) is 4.17. The molecule has 3 rings (SSSR count). The average molecular weight is 384 g/mol. The van der Waals surface area contributed by atoms with E-state index in [-0.39, 0.29) is 5.91 Å². The highest BCUT2D eigenvalue weighted by molar-refractivity contribution is 6.30. The molecule has 0 saturated carbocycles. The molecule has 0 unspecified atom stereocenters. The topological polar surface area (TPSA) is 72.7 Å². The highest BCUT2D eigenvalue weighted by Crippen LogP contribution is 2.30. The van der Waals surface area contributed by atoms with Crippen molar-refractivity contribution in [2.75, 3.05) is 0 Å². The fourth-order valence-electron chi connectivity index (χ4n) is 3.22. The molecule has 1 N–H and O–H groups in total. The van der Waals surface area contributed by atoms with Gasteiger partial charge in [0, 0.05) is 5.02 Å². The molecule has 0 aliphatic rings. The molecule has 2 aromatic carbocycles. The largest absolute Gasteiger partial charge is 0.346 e. The summed E-state index contributed by atoms with van der Waals surface area (Å²) >= 11 is 6.01. The minimum absolute atomic E-state index is 0.0103. The summed E-state index contributed by atoms with van der Waals surface area (Å²) in [5.74, 6) is -0.0103. The van der Waals surface area contributed by atoms with E-state index in [1.807, 2.05) is 48.5 Å². The molecule has 7 heteroatoms. The monoisotopic (exact) mass is 383 g/mol. The number of halogens is 1. The Morgan fingerprint density at radius 3 is 2.30 bits per heavy atom. The number of carbonyl (C=O) groups excluding carboxylic acids is 1. The van der Waals surface area contributed by atoms with Gasteiger partial charge in [-0.05, 0) is 58.7 Å². The molecule has 0 bridgehead atoms. The molecule has 0 atom stereocenters. The zero-order valence-corrected chi connectivity index (χ0v) is 16.1. The summed E-state index contributed by atoms with van der Waals surface area (Å²) in [7, 11) is 0. The first-order chi connectivity index (χ1) is 13.1. The zero-order chi connectivity index (χ0) is 19.3. The van der Waals surface area contributed by atoms with Crippen molar-refractivity contribution in [3.05, 3.63) is 71.0 Å². The summed E-state index contributed by atoms with van der Waals surface area (Å²) in [6, 6.07) is 15.3. The summed E-state index contributed by atoms with van der Waals surface area (Å²) in [5.41, 5.74) is 2.45. The van der Waals surface area contributed by atoms with Crippen molar-refractivity contribution in [1.82, 2.24) is 25.5 Å². The van der Waals surface area contributed by atoms with Gasteiger partial charge in [0.2, 0.25) is 5.91 Å². The lowest BCUT2D eigenvalue weighted by molar-refractivity contribution is -0.122. The van der Waals surface area contributed by atoms with Gasteiger partial charge >= 0.3 is 0 Å². The summed E-state index contributed by atoms with van der Waals surface area (Å²) in [6.07, 6.45) is 3.44. The van der Waals surface area contributed by atoms with Crippen molar-refractivity contribution in [1.29, 1.82) is 0 Å². The summed E-state index contributed by atoms with van der Waals surface area (Å²) < 4.78 is 1.57. The highest BCUT2D eigenvalue weighted by atomic mass is 35.5. The van der Waals surface area contributed by atoms with E-state index in [0.29, 0.717) is 11.4 Å². The van der Waals surface area contributed by atoms with Crippen LogP contribution in [0.25, 0.3) is 5.69 Å². The first-order valence-electron chi connectivity index (χ1n) is 8.95. The van der Waals surface area contributed by atoms with Crippen molar-refractivity contribution in [2.45, 2.75) is 38.6 Å². The van der Waals surface area contributed by atoms with Gasteiger partial charge in [-0.15, -0.1) is 5.10 Å². The van der Waals surface area contributed by atoms with Gasteiger partial charge in [0.15, 0.2) is 0 Å². The van der Waals surface area contributed by atoms with Crippen molar-refractivity contribution in [3.63, 3.8) is 0 Å². The Labute approximate surface area is 163 Å². The van der Waals surface area contributed by atoms with Gasteiger partial charge < -0.3 is 5.32 Å². The molecule has 0 saturated heterocycles. The predicted octanol–water partition coefficient (Wildman–Crippen LogP) is 3.69. The SMILES string of the molecule is CCC(CC)(NC(=O)Cc1ccc(-n2cnnn2)cc1)c1ccc(Cl)cc1. The van der Waals surface area contributed by atoms with Gasteiger partial charge in [0.05, 0.1) is 17.6 Å². The molecular formula is C20H22ClN5O. The van der Waals surface area contributed by atoms with E-state index in [2.05, 4.69) is 34.7 Å². The normalized spacial score (nSPS) is 11.4. The lowest BCUT2D eigenvalue weighted by Gasteiger charge is -2.33. The first kappa shape index (κ1) is 19.0. The highest BCUT2D eigenvalue weighted by Gasteiger charge is 2.30. The number of nitrogens with one attached hydrogen (secondary N) is 1. The smallest absolute Gasteiger partial charge is 0.225 e. The van der Waals surface area contributed by atoms with E-state index >= 15 is 0 Å². The van der Waals surface area contributed by atoms with Crippen molar-refractivity contribution in [2.24, 2.45) is 0 Å². The maximum absolute atomic E-state index is 12.7. The van der Waals surface area contributed by atoms with Gasteiger partial charge in [-0.25, -0.2) is 4.68 Å². The lowest BCUT2D eigenvalue weighted by atomic mass is 9.84. The van der Waals surface area contributed by atoms with Gasteiger partial charge in [-0.2, -0.15) is 0 Å². The Bertz CT molecular complexity index is 872. The van der Waals surface area contributed by atoms with Crippen LogP contribution in [0.5, 0.6) is 0 Å². The lowest BCUT2D eigenvalue weighted by Crippen LogP contribution is -2.45. The number of aromatic nitrogens is 4. The minimum atomic E-state index is -0.395. The average Bonchev–Trinajstić information content (AvgIpc) is 3.22. The molecule has 140 valence electrons. The van der Waals surface area contributed by atoms with Crippen LogP contribution in [0.3, 0.4) is 0 Å². The van der Waals surface area contributed by atoms with Crippen LogP contribution in [0.2, 0.25) is 5.02 Å². The Morgan fingerprint density at radius 1 is 1.07 bits per heavy atom. The van der Waals surface area contributed by atoms with Crippen LogP contribution in [0.4, 0.5) is 0 Å². The molecule has 6 nitrogen and oxygen atoms in total. The van der Waals surface area contributed by atoms with E-state index in [0.717, 1.165) is 29.7 Å². The number of hydrogen-bond donors (Lipinski definition) is 1. The second-order valence-corrected chi connectivity index (χ2v) is 6.88. The van der Waals surface area contributed by atoms with Crippen LogP contribution in [-0.4, -0.2) is 26.1 Å². The Balaban J connectivity index is 1.72. The first-order valence-corrected chi connectivity index (χ1v) is 9.33. The fraction of sp³-hybridized carbons (Fsp3) is 0.300. The molecule has 3 aromatic rings. The summed E-state index contributed by atoms with van der Waals surface area (Å²) in [5, 5.41) is 15.0. The number of hydrogen-bond acceptors (Lipinski definition) is 4. The molecule has 1 heterocycles. The molecule has 0 fully saturated rings. The molecule has 0 spiro atoms. The van der Waals surface area contributed by atoms with Gasteiger partial charge in [-0.3, -0.25) is 4.79 Å². The molecular weight excluding hydrogens is 362 g/mol. The number of nitrogens with zero attached hydrogens (tertiary/aromatic N) is 4. The van der Waals surface area contributed by atoms with Crippen LogP contribution in [0, 0.1) is 0 Å². The maximum Gasteiger partial charge on any atom is 0.225 e. The molecule has 27 heavy (non-hydrogen) atoms. The standard InChI is InChI=1S/C20H22ClN5O/c1-3-20(4-2,16-7-9-17(21)10-8-16)23-19(27)13-15-5-11-18(12-6-15)26-14-22-24-25-26/h5-12,14H,3-4,13H2,1-2H3,(H,23,27). The van der Waals surface area contributed by atoms with Crippen LogP contribution in [-0.2, 0) is 16.8 Å². The van der Waals surface area contributed by atoms with E-state index in [1.54, 1.807) is 4.68 Å². The Hall–Kier alpha value is -2.73. The Kier molecular flexibility index (Phi) is 5.86.